The molecule has 3 aromatic rings. The van der Waals surface area contributed by atoms with E-state index < -0.39 is 46.0 Å². The number of sulfonamides is 1. The first kappa shape index (κ1) is 40.0. The zero-order chi connectivity index (χ0) is 37.0. The predicted octanol–water partition coefficient (Wildman–Crippen LogP) is 3.58. The van der Waals surface area contributed by atoms with Crippen molar-refractivity contribution in [2.24, 2.45) is 0 Å². The monoisotopic (exact) mass is 726 g/mol. The number of rotatable bonds is 17. The number of carbonyl (C=O) groups excluding carboxylic acids is 4. The molecular formula is C36H47ClN6O6S. The van der Waals surface area contributed by atoms with Gasteiger partial charge in [0.1, 0.15) is 6.04 Å². The molecule has 4 atom stereocenters. The maximum absolute atomic E-state index is 13.8. The number of likely N-dealkylation sites (N-methyl/N-ethyl adjacent to an activating group) is 1. The first-order valence-electron chi connectivity index (χ1n) is 16.4. The first-order chi connectivity index (χ1) is 23.6. The molecular weight excluding hydrogens is 680 g/mol. The highest BCUT2D eigenvalue weighted by molar-refractivity contribution is 7.92. The Morgan fingerprint density at radius 1 is 0.820 bits per heavy atom. The average molecular weight is 727 g/mol. The summed E-state index contributed by atoms with van der Waals surface area (Å²) < 4.78 is 26.0. The van der Waals surface area contributed by atoms with Crippen molar-refractivity contribution in [1.82, 2.24) is 26.6 Å². The normalized spacial score (nSPS) is 13.7. The van der Waals surface area contributed by atoms with E-state index in [1.165, 1.54) is 25.2 Å². The summed E-state index contributed by atoms with van der Waals surface area (Å²) in [5, 5.41) is 15.0. The molecule has 14 heteroatoms. The molecule has 4 amide bonds. The van der Waals surface area contributed by atoms with Gasteiger partial charge < -0.3 is 26.6 Å². The van der Waals surface area contributed by atoms with Gasteiger partial charge in [0.25, 0.3) is 11.8 Å². The van der Waals surface area contributed by atoms with E-state index in [2.05, 4.69) is 26.6 Å². The molecule has 0 aliphatic heterocycles. The topological polar surface area (TPSA) is 166 Å². The molecule has 0 fully saturated rings. The average Bonchev–Trinajstić information content (AvgIpc) is 3.08. The molecule has 0 spiro atoms. The number of nitrogens with one attached hydrogen (secondary N) is 5. The van der Waals surface area contributed by atoms with Crippen molar-refractivity contribution < 1.29 is 27.6 Å². The van der Waals surface area contributed by atoms with Crippen molar-refractivity contribution in [2.45, 2.75) is 64.7 Å². The van der Waals surface area contributed by atoms with Gasteiger partial charge in [-0.15, -0.1) is 0 Å². The van der Waals surface area contributed by atoms with Crippen LogP contribution in [0.2, 0.25) is 5.02 Å². The third-order valence-corrected chi connectivity index (χ3v) is 9.56. The summed E-state index contributed by atoms with van der Waals surface area (Å²) in [6, 6.07) is 18.4. The maximum Gasteiger partial charge on any atom is 0.251 e. The fourth-order valence-corrected chi connectivity index (χ4v) is 5.77. The van der Waals surface area contributed by atoms with Crippen molar-refractivity contribution in [2.75, 3.05) is 30.7 Å². The summed E-state index contributed by atoms with van der Waals surface area (Å²) in [6.07, 6.45) is 1.85. The highest BCUT2D eigenvalue weighted by Crippen LogP contribution is 2.23. The van der Waals surface area contributed by atoms with Gasteiger partial charge in [-0.1, -0.05) is 61.0 Å². The minimum Gasteiger partial charge on any atom is -0.355 e. The van der Waals surface area contributed by atoms with Crippen LogP contribution in [0.25, 0.3) is 0 Å². The van der Waals surface area contributed by atoms with Crippen LogP contribution < -0.4 is 30.9 Å². The summed E-state index contributed by atoms with van der Waals surface area (Å²) >= 11 is 6.13. The molecule has 0 aliphatic rings. The largest absolute Gasteiger partial charge is 0.355 e. The van der Waals surface area contributed by atoms with E-state index in [1.807, 2.05) is 36.4 Å². The van der Waals surface area contributed by atoms with Crippen LogP contribution in [-0.4, -0.2) is 76.6 Å². The summed E-state index contributed by atoms with van der Waals surface area (Å²) in [5.41, 5.74) is 1.97. The van der Waals surface area contributed by atoms with Crippen molar-refractivity contribution in [1.29, 1.82) is 0 Å². The van der Waals surface area contributed by atoms with Crippen molar-refractivity contribution >= 4 is 50.9 Å². The fourth-order valence-electron chi connectivity index (χ4n) is 5.09. The number of anilines is 1. The Balaban J connectivity index is 1.87. The highest BCUT2D eigenvalue weighted by atomic mass is 35.5. The van der Waals surface area contributed by atoms with Gasteiger partial charge >= 0.3 is 0 Å². The van der Waals surface area contributed by atoms with E-state index in [4.69, 9.17) is 11.6 Å². The van der Waals surface area contributed by atoms with Crippen molar-refractivity contribution in [3.8, 4) is 0 Å². The van der Waals surface area contributed by atoms with Gasteiger partial charge in [0.15, 0.2) is 0 Å². The lowest BCUT2D eigenvalue weighted by atomic mass is 10.0. The SMILES string of the molecule is CCNC(=O)[C@H](CC)NC(=O)[C@H](C)NC[C@H](Cc1ccccc1)NC(=O)c1cc(C(=O)N[C@H](C)c2cccc(Cl)c2)cc(N(C)S(C)(=O)=O)c1. The molecule has 0 unspecified atom stereocenters. The van der Waals surface area contributed by atoms with Crippen LogP contribution >= 0.6 is 11.6 Å². The first-order valence-corrected chi connectivity index (χ1v) is 18.7. The number of hydrogen-bond acceptors (Lipinski definition) is 7. The molecule has 3 rings (SSSR count). The Kier molecular flexibility index (Phi) is 14.8. The second-order valence-corrected chi connectivity index (χ2v) is 14.6. The molecule has 0 heterocycles. The molecule has 50 heavy (non-hydrogen) atoms. The van der Waals surface area contributed by atoms with Crippen LogP contribution in [-0.2, 0) is 26.0 Å². The van der Waals surface area contributed by atoms with Gasteiger partial charge in [-0.05, 0) is 75.1 Å². The Morgan fingerprint density at radius 3 is 2.04 bits per heavy atom. The van der Waals surface area contributed by atoms with Crippen molar-refractivity contribution in [3.63, 3.8) is 0 Å². The van der Waals surface area contributed by atoms with Crippen LogP contribution in [0.15, 0.2) is 72.8 Å². The zero-order valence-electron chi connectivity index (χ0n) is 29.2. The molecule has 12 nitrogen and oxygen atoms in total. The Labute approximate surface area is 299 Å². The molecule has 0 bridgehead atoms. The summed E-state index contributed by atoms with van der Waals surface area (Å²) in [5.74, 6) is -1.70. The standard InChI is InChI=1S/C36H47ClN6O6S/c1-7-32(36(47)38-8-2)42-33(44)24(4)39-22-30(17-25-13-10-9-11-14-25)41-35(46)28-18-27(20-31(21-28)43(5)50(6,48)49)34(45)40-23(3)26-15-12-16-29(37)19-26/h9-16,18-21,23-24,30,32,39H,7-8,17,22H2,1-6H3,(H,38,47)(H,40,45)(H,41,46)(H,42,44)/t23-,24+,30+,32+/m1/s1. The Bertz CT molecular complexity index is 1760. The van der Waals surface area contributed by atoms with Gasteiger partial charge in [-0.2, -0.15) is 0 Å². The second-order valence-electron chi connectivity index (χ2n) is 12.1. The van der Waals surface area contributed by atoms with Gasteiger partial charge in [0.05, 0.1) is 24.0 Å². The summed E-state index contributed by atoms with van der Waals surface area (Å²) in [6.45, 7) is 7.69. The molecule has 0 aliphatic carbocycles. The number of hydrogen-bond donors (Lipinski definition) is 5. The second kappa shape index (κ2) is 18.5. The predicted molar refractivity (Wildman–Crippen MR) is 197 cm³/mol. The quantitative estimate of drug-likeness (QED) is 0.142. The maximum atomic E-state index is 13.8. The summed E-state index contributed by atoms with van der Waals surface area (Å²) in [7, 11) is -2.40. The number of nitrogens with zero attached hydrogens (tertiary/aromatic N) is 1. The highest BCUT2D eigenvalue weighted by Gasteiger charge is 2.24. The van der Waals surface area contributed by atoms with Gasteiger partial charge in [0.2, 0.25) is 21.8 Å². The van der Waals surface area contributed by atoms with E-state index in [9.17, 15) is 27.6 Å². The third-order valence-electron chi connectivity index (χ3n) is 8.12. The van der Waals surface area contributed by atoms with Gasteiger partial charge in [0, 0.05) is 42.3 Å². The van der Waals surface area contributed by atoms with E-state index in [1.54, 1.807) is 45.9 Å². The number of benzene rings is 3. The van der Waals surface area contributed by atoms with E-state index in [0.717, 1.165) is 21.7 Å². The van der Waals surface area contributed by atoms with Crippen molar-refractivity contribution in [3.05, 3.63) is 100 Å². The molecule has 0 radical (unpaired) electrons. The minimum absolute atomic E-state index is 0.0649. The van der Waals surface area contributed by atoms with E-state index in [-0.39, 0.29) is 35.2 Å². The van der Waals surface area contributed by atoms with Crippen LogP contribution in [0.4, 0.5) is 5.69 Å². The number of carbonyl (C=O) groups is 4. The minimum atomic E-state index is -3.74. The van der Waals surface area contributed by atoms with E-state index in [0.29, 0.717) is 24.4 Å². The molecule has 270 valence electrons. The lowest BCUT2D eigenvalue weighted by Gasteiger charge is -2.24. The Hall–Kier alpha value is -4.46. The lowest BCUT2D eigenvalue weighted by Crippen LogP contribution is -2.53. The van der Waals surface area contributed by atoms with Gasteiger partial charge in [-0.3, -0.25) is 23.5 Å². The number of amides is 4. The van der Waals surface area contributed by atoms with Crippen LogP contribution in [0.1, 0.15) is 72.0 Å². The molecule has 0 saturated heterocycles. The van der Waals surface area contributed by atoms with Crippen LogP contribution in [0.3, 0.4) is 0 Å². The summed E-state index contributed by atoms with van der Waals surface area (Å²) in [4.78, 5) is 52.6. The van der Waals surface area contributed by atoms with E-state index >= 15 is 0 Å². The third kappa shape index (κ3) is 11.9. The molecule has 5 N–H and O–H groups in total. The smallest absolute Gasteiger partial charge is 0.251 e. The number of halogens is 1. The molecule has 0 saturated carbocycles. The van der Waals surface area contributed by atoms with Crippen LogP contribution in [0, 0.1) is 0 Å². The zero-order valence-corrected chi connectivity index (χ0v) is 30.8. The Morgan fingerprint density at radius 2 is 1.46 bits per heavy atom. The molecule has 3 aromatic carbocycles. The molecule has 0 aromatic heterocycles. The lowest BCUT2D eigenvalue weighted by molar-refractivity contribution is -0.129. The fraction of sp³-hybridized carbons (Fsp3) is 0.389. The van der Waals surface area contributed by atoms with Crippen LogP contribution in [0.5, 0.6) is 0 Å². The van der Waals surface area contributed by atoms with Gasteiger partial charge in [-0.25, -0.2) is 8.42 Å².